The quantitative estimate of drug-likeness (QED) is 0.691. The molecule has 76 valence electrons. The average molecular weight is 200 g/mol. The second-order valence-corrected chi connectivity index (χ2v) is 3.51. The fourth-order valence-corrected chi connectivity index (χ4v) is 1.45. The molecule has 0 fully saturated rings. The molecule has 0 amide bonds. The molecule has 2 aromatic rings. The summed E-state index contributed by atoms with van der Waals surface area (Å²) >= 11 is 0. The highest BCUT2D eigenvalue weighted by Crippen LogP contribution is 2.21. The van der Waals surface area contributed by atoms with Gasteiger partial charge in [-0.2, -0.15) is 0 Å². The molecule has 0 atom stereocenters. The molecular formula is C12H12N2O. The van der Waals surface area contributed by atoms with Gasteiger partial charge >= 0.3 is 0 Å². The van der Waals surface area contributed by atoms with Crippen LogP contribution in [0.25, 0.3) is 11.1 Å². The van der Waals surface area contributed by atoms with E-state index in [9.17, 15) is 4.79 Å². The minimum atomic E-state index is -0.0917. The Hall–Kier alpha value is -2.03. The zero-order chi connectivity index (χ0) is 10.8. The van der Waals surface area contributed by atoms with E-state index in [0.29, 0.717) is 0 Å². The van der Waals surface area contributed by atoms with Crippen LogP contribution in [0.5, 0.6) is 0 Å². The molecular weight excluding hydrogens is 188 g/mol. The molecule has 0 aliphatic rings. The van der Waals surface area contributed by atoms with Crippen LogP contribution in [-0.2, 0) is 0 Å². The van der Waals surface area contributed by atoms with Crippen LogP contribution in [0.1, 0.15) is 5.56 Å². The van der Waals surface area contributed by atoms with E-state index >= 15 is 0 Å². The molecule has 3 N–H and O–H groups in total. The van der Waals surface area contributed by atoms with Gasteiger partial charge in [0.1, 0.15) is 0 Å². The van der Waals surface area contributed by atoms with Crippen molar-refractivity contribution < 1.29 is 0 Å². The van der Waals surface area contributed by atoms with Crippen LogP contribution in [0.15, 0.2) is 41.3 Å². The first kappa shape index (κ1) is 9.52. The molecule has 0 bridgehead atoms. The number of aryl methyl sites for hydroxylation is 1. The highest BCUT2D eigenvalue weighted by atomic mass is 16.1. The first-order valence-electron chi connectivity index (χ1n) is 4.72. The van der Waals surface area contributed by atoms with Crippen LogP contribution in [0.2, 0.25) is 0 Å². The van der Waals surface area contributed by atoms with Crippen molar-refractivity contribution in [2.75, 3.05) is 5.73 Å². The third-order valence-electron chi connectivity index (χ3n) is 2.39. The third-order valence-corrected chi connectivity index (χ3v) is 2.39. The second-order valence-electron chi connectivity index (χ2n) is 3.51. The van der Waals surface area contributed by atoms with E-state index in [0.717, 1.165) is 22.4 Å². The lowest BCUT2D eigenvalue weighted by molar-refractivity contribution is 1.24. The number of rotatable bonds is 1. The molecule has 0 aliphatic heterocycles. The van der Waals surface area contributed by atoms with Crippen molar-refractivity contribution in [3.63, 3.8) is 0 Å². The molecule has 0 saturated carbocycles. The normalized spacial score (nSPS) is 10.2. The van der Waals surface area contributed by atoms with Gasteiger partial charge in [0.05, 0.1) is 0 Å². The summed E-state index contributed by atoms with van der Waals surface area (Å²) in [6.07, 6.45) is 1.70. The lowest BCUT2D eigenvalue weighted by atomic mass is 10.0. The predicted molar refractivity (Wildman–Crippen MR) is 61.6 cm³/mol. The standard InChI is InChI=1S/C12H12N2O/c1-8-6-9(2-4-11(8)13)10-3-5-12(15)14-7-10/h2-7H,13H2,1H3,(H,14,15). The number of nitrogens with two attached hydrogens (primary N) is 1. The van der Waals surface area contributed by atoms with Gasteiger partial charge in [-0.05, 0) is 41.8 Å². The van der Waals surface area contributed by atoms with Crippen molar-refractivity contribution in [1.29, 1.82) is 0 Å². The van der Waals surface area contributed by atoms with Gasteiger partial charge in [-0.25, -0.2) is 0 Å². The summed E-state index contributed by atoms with van der Waals surface area (Å²) in [5.41, 5.74) is 9.50. The Morgan fingerprint density at radius 1 is 1.13 bits per heavy atom. The van der Waals surface area contributed by atoms with Gasteiger partial charge < -0.3 is 10.7 Å². The van der Waals surface area contributed by atoms with E-state index in [4.69, 9.17) is 5.73 Å². The summed E-state index contributed by atoms with van der Waals surface area (Å²) < 4.78 is 0. The number of nitrogens with one attached hydrogen (secondary N) is 1. The topological polar surface area (TPSA) is 58.9 Å². The van der Waals surface area contributed by atoms with Crippen LogP contribution in [0.3, 0.4) is 0 Å². The molecule has 15 heavy (non-hydrogen) atoms. The summed E-state index contributed by atoms with van der Waals surface area (Å²) in [7, 11) is 0. The Labute approximate surface area is 87.6 Å². The van der Waals surface area contributed by atoms with Crippen LogP contribution < -0.4 is 11.3 Å². The number of hydrogen-bond acceptors (Lipinski definition) is 2. The van der Waals surface area contributed by atoms with Crippen LogP contribution in [-0.4, -0.2) is 4.98 Å². The van der Waals surface area contributed by atoms with Crippen LogP contribution >= 0.6 is 0 Å². The number of aromatic nitrogens is 1. The number of hydrogen-bond donors (Lipinski definition) is 2. The summed E-state index contributed by atoms with van der Waals surface area (Å²) in [4.78, 5) is 13.5. The van der Waals surface area contributed by atoms with Gasteiger partial charge in [-0.15, -0.1) is 0 Å². The fourth-order valence-electron chi connectivity index (χ4n) is 1.45. The lowest BCUT2D eigenvalue weighted by Gasteiger charge is -2.04. The SMILES string of the molecule is Cc1cc(-c2ccc(=O)[nH]c2)ccc1N. The van der Waals surface area contributed by atoms with Gasteiger partial charge in [0.2, 0.25) is 5.56 Å². The Morgan fingerprint density at radius 3 is 2.47 bits per heavy atom. The van der Waals surface area contributed by atoms with Crippen molar-refractivity contribution >= 4 is 5.69 Å². The monoisotopic (exact) mass is 200 g/mol. The summed E-state index contributed by atoms with van der Waals surface area (Å²) in [6, 6.07) is 9.12. The molecule has 1 heterocycles. The minimum absolute atomic E-state index is 0.0917. The largest absolute Gasteiger partial charge is 0.399 e. The predicted octanol–water partition coefficient (Wildman–Crippen LogP) is 1.93. The first-order valence-corrected chi connectivity index (χ1v) is 4.72. The van der Waals surface area contributed by atoms with Crippen LogP contribution in [0, 0.1) is 6.92 Å². The summed E-state index contributed by atoms with van der Waals surface area (Å²) in [5, 5.41) is 0. The number of aromatic amines is 1. The smallest absolute Gasteiger partial charge is 0.247 e. The van der Waals surface area contributed by atoms with Crippen molar-refractivity contribution in [2.24, 2.45) is 0 Å². The van der Waals surface area contributed by atoms with Gasteiger partial charge in [0, 0.05) is 18.0 Å². The Kier molecular flexibility index (Phi) is 2.29. The minimum Gasteiger partial charge on any atom is -0.399 e. The molecule has 0 saturated heterocycles. The van der Waals surface area contributed by atoms with Crippen molar-refractivity contribution in [2.45, 2.75) is 6.92 Å². The molecule has 3 heteroatoms. The number of pyridine rings is 1. The van der Waals surface area contributed by atoms with E-state index in [-0.39, 0.29) is 5.56 Å². The molecule has 1 aromatic heterocycles. The van der Waals surface area contributed by atoms with E-state index in [1.807, 2.05) is 25.1 Å². The highest BCUT2D eigenvalue weighted by molar-refractivity contribution is 5.66. The van der Waals surface area contributed by atoms with E-state index < -0.39 is 0 Å². The van der Waals surface area contributed by atoms with E-state index in [2.05, 4.69) is 4.98 Å². The zero-order valence-electron chi connectivity index (χ0n) is 8.45. The first-order chi connectivity index (χ1) is 7.16. The molecule has 1 aromatic carbocycles. The molecule has 0 unspecified atom stereocenters. The zero-order valence-corrected chi connectivity index (χ0v) is 8.45. The summed E-state index contributed by atoms with van der Waals surface area (Å²) in [6.45, 7) is 1.96. The third kappa shape index (κ3) is 1.91. The molecule has 2 rings (SSSR count). The maximum atomic E-state index is 10.9. The second kappa shape index (κ2) is 3.61. The maximum absolute atomic E-state index is 10.9. The fraction of sp³-hybridized carbons (Fsp3) is 0.0833. The highest BCUT2D eigenvalue weighted by Gasteiger charge is 1.99. The van der Waals surface area contributed by atoms with Gasteiger partial charge in [0.15, 0.2) is 0 Å². The molecule has 3 nitrogen and oxygen atoms in total. The number of anilines is 1. The summed E-state index contributed by atoms with van der Waals surface area (Å²) in [5.74, 6) is 0. The van der Waals surface area contributed by atoms with Gasteiger partial charge in [0.25, 0.3) is 0 Å². The molecule has 0 aliphatic carbocycles. The Morgan fingerprint density at radius 2 is 1.87 bits per heavy atom. The van der Waals surface area contributed by atoms with E-state index in [1.54, 1.807) is 12.3 Å². The van der Waals surface area contributed by atoms with Crippen LogP contribution in [0.4, 0.5) is 5.69 Å². The van der Waals surface area contributed by atoms with E-state index in [1.165, 1.54) is 6.07 Å². The molecule has 0 spiro atoms. The van der Waals surface area contributed by atoms with Crippen molar-refractivity contribution in [3.8, 4) is 11.1 Å². The Bertz CT molecular complexity index is 523. The van der Waals surface area contributed by atoms with Crippen molar-refractivity contribution in [1.82, 2.24) is 4.98 Å². The number of H-pyrrole nitrogens is 1. The number of nitrogen functional groups attached to an aromatic ring is 1. The maximum Gasteiger partial charge on any atom is 0.247 e. The van der Waals surface area contributed by atoms with Gasteiger partial charge in [-0.1, -0.05) is 6.07 Å². The van der Waals surface area contributed by atoms with Crippen molar-refractivity contribution in [3.05, 3.63) is 52.4 Å². The average Bonchev–Trinajstić information content (AvgIpc) is 2.23. The Balaban J connectivity index is 2.50. The van der Waals surface area contributed by atoms with Gasteiger partial charge in [-0.3, -0.25) is 4.79 Å². The molecule has 0 radical (unpaired) electrons. The number of benzene rings is 1. The lowest BCUT2D eigenvalue weighted by Crippen LogP contribution is -2.01.